The molecule has 2 amide bonds. The van der Waals surface area contributed by atoms with E-state index in [1.807, 2.05) is 13.7 Å². The summed E-state index contributed by atoms with van der Waals surface area (Å²) in [5.41, 5.74) is 3.51. The molecule has 776 valence electrons. The predicted molar refractivity (Wildman–Crippen MR) is 541 cm³/mol. The standard InChI is InChI=1S/C30H44N6O7Si.C25H36N6O5Si.C22H37N5O4Si.C18H20N6O6/c1-11-22-23(43-44(9,10)30(5,6)7)15-24(41-22)35-18-33-25-26(31-17-32-27(25)35)34(28(37)42-29(2,3)4)16-19-12-13-20(40-8)14-21(19)36(38)39;1-8-19-20(36-37(6,7)25(2,3)4)12-21(35-19)30-15-29-22-23(27-14-28-24(22)30)26-13-16-9-10-17(34-5)11-18(16)31(32)33;1-10-14-15(31-32(8,9)22(5,6)7)11-16(29-14)27-13-25-17-18(23-12-24-19(17)27)26-20(28)30-21(2,3)4;1-29-11-3-2-10(12(4-11)24(27)28)6-19-17-16-18(21-8-20-17)23(9-22-16)15-5-13(26)14(7-25)30-15/h12-14,17-18,22-24H,11,15-16H2,1-10H3;9-11,14-15,19-21H,8,12-13H2,1-7H3,(H,26,27,28);12-16H,10-11H2,1-9H3,(H,23,24,26,28);2-4,8-9,13-15,25-26H,5-7H2,1H3,(H,19,20,21)/t22-,23?,24-;19-,20?,21-;14-,15?,16-;13?,14-,15-/m1111/s1. The van der Waals surface area contributed by atoms with Crippen molar-refractivity contribution >= 4 is 122 Å². The Kier molecular flexibility index (Phi) is 34.2. The van der Waals surface area contributed by atoms with Gasteiger partial charge in [0.15, 0.2) is 92.9 Å². The molecule has 11 aromatic rings. The highest BCUT2D eigenvalue weighted by Gasteiger charge is 2.49. The number of carbonyl (C=O) groups is 2. The zero-order chi connectivity index (χ0) is 105. The van der Waals surface area contributed by atoms with Gasteiger partial charge < -0.3 is 76.8 Å². The van der Waals surface area contributed by atoms with Gasteiger partial charge in [-0.25, -0.2) is 69.4 Å². The van der Waals surface area contributed by atoms with Crippen LogP contribution in [0.1, 0.15) is 211 Å². The molecule has 4 unspecified atom stereocenters. The second-order valence-electron chi connectivity index (χ2n) is 42.0. The van der Waals surface area contributed by atoms with E-state index in [1.165, 1.54) is 76.1 Å². The SMILES string of the molecule is CC[C@H]1O[C@@H](n2cnc3c(N(Cc4ccc(OC)cc4[N+](=O)[O-])C(=O)OC(C)(C)C)ncnc32)CC1O[Si](C)(C)C(C)(C)C.CC[C@H]1O[C@@H](n2cnc3c(NC(=O)OC(C)(C)C)ncnc32)CC1O[Si](C)(C)C(C)(C)C.CC[C@H]1O[C@@H](n2cnc3c(NCc4ccc(OC)cc4[N+](=O)[O-])ncnc32)CC1O[Si](C)(C)C(C)(C)C.COc1ccc(CNc2ncnc3c2ncn3[C@H]2CC(O)[C@@H](CO)O2)c([N+](=O)[O-])c1. The Balaban J connectivity index is 0.000000172. The lowest BCUT2D eigenvalue weighted by atomic mass is 10.1. The zero-order valence-electron chi connectivity index (χ0n) is 86.5. The van der Waals surface area contributed by atoms with Gasteiger partial charge in [0.1, 0.15) is 84.8 Å². The number of aliphatic hydroxyl groups excluding tert-OH is 2. The van der Waals surface area contributed by atoms with Crippen LogP contribution in [0, 0.1) is 30.3 Å². The summed E-state index contributed by atoms with van der Waals surface area (Å²) in [5, 5.41) is 63.3. The molecule has 143 heavy (non-hydrogen) atoms. The summed E-state index contributed by atoms with van der Waals surface area (Å²) in [6, 6.07) is 13.9. The van der Waals surface area contributed by atoms with E-state index >= 15 is 0 Å². The van der Waals surface area contributed by atoms with Crippen molar-refractivity contribution in [3.05, 3.63) is 152 Å². The number of carbonyl (C=O) groups excluding carboxylic acids is 2. The average Bonchev–Trinajstić information content (AvgIpc) is 1.63. The normalized spacial score (nSPS) is 20.6. The molecule has 0 bridgehead atoms. The third-order valence-electron chi connectivity index (χ3n) is 26.7. The molecule has 12 atom stereocenters. The minimum Gasteiger partial charge on any atom is -0.497 e. The number of imidazole rings is 4. The van der Waals surface area contributed by atoms with Crippen LogP contribution in [0.5, 0.6) is 17.2 Å². The number of hydrogen-bond acceptors (Lipinski definition) is 36. The van der Waals surface area contributed by atoms with E-state index in [9.17, 15) is 50.1 Å². The van der Waals surface area contributed by atoms with E-state index in [-0.39, 0.29) is 125 Å². The van der Waals surface area contributed by atoms with Crippen molar-refractivity contribution in [3.63, 3.8) is 0 Å². The second-order valence-corrected chi connectivity index (χ2v) is 56.3. The fraction of sp³-hybridized carbons (Fsp3) is 0.579. The predicted octanol–water partition coefficient (Wildman–Crippen LogP) is 18.5. The van der Waals surface area contributed by atoms with Crippen molar-refractivity contribution < 1.29 is 90.5 Å². The van der Waals surface area contributed by atoms with Gasteiger partial charge in [0.2, 0.25) is 0 Å². The van der Waals surface area contributed by atoms with E-state index < -0.39 is 81.5 Å². The Morgan fingerprint density at radius 2 is 0.755 bits per heavy atom. The molecule has 4 fully saturated rings. The van der Waals surface area contributed by atoms with Gasteiger partial charge in [-0.15, -0.1) is 0 Å². The third-order valence-corrected chi connectivity index (χ3v) is 40.2. The van der Waals surface area contributed by atoms with Crippen LogP contribution in [-0.4, -0.2) is 228 Å². The molecule has 4 saturated heterocycles. The van der Waals surface area contributed by atoms with Crippen LogP contribution >= 0.6 is 0 Å². The van der Waals surface area contributed by atoms with E-state index in [4.69, 9.17) is 55.9 Å². The van der Waals surface area contributed by atoms with Crippen LogP contribution in [0.25, 0.3) is 44.7 Å². The minimum atomic E-state index is -2.05. The molecule has 3 aromatic carbocycles. The Morgan fingerprint density at radius 3 is 1.08 bits per heavy atom. The van der Waals surface area contributed by atoms with Gasteiger partial charge in [0, 0.05) is 49.9 Å². The molecule has 0 radical (unpaired) electrons. The summed E-state index contributed by atoms with van der Waals surface area (Å²) < 4.78 is 78.8. The van der Waals surface area contributed by atoms with Crippen LogP contribution in [0.4, 0.5) is 49.9 Å². The van der Waals surface area contributed by atoms with Crippen LogP contribution < -0.4 is 35.1 Å². The largest absolute Gasteiger partial charge is 0.497 e. The van der Waals surface area contributed by atoms with Crippen molar-refractivity contribution in [1.29, 1.82) is 0 Å². The molecule has 8 aromatic heterocycles. The first-order valence-electron chi connectivity index (χ1n) is 47.7. The zero-order valence-corrected chi connectivity index (χ0v) is 89.5. The number of aromatic nitrogens is 16. The highest BCUT2D eigenvalue weighted by Crippen LogP contribution is 2.48. The maximum atomic E-state index is 13.6. The molecule has 12 heterocycles. The van der Waals surface area contributed by atoms with Crippen LogP contribution in [0.3, 0.4) is 0 Å². The molecule has 4 aliphatic rings. The number of nitro groups is 3. The maximum absolute atomic E-state index is 13.6. The summed E-state index contributed by atoms with van der Waals surface area (Å²) in [6.45, 7) is 50.4. The Labute approximate surface area is 833 Å². The fourth-order valence-corrected chi connectivity index (χ4v) is 20.1. The van der Waals surface area contributed by atoms with Gasteiger partial charge in [-0.3, -0.25) is 58.8 Å². The molecule has 0 spiro atoms. The topological polar surface area (TPSA) is 529 Å². The molecule has 48 heteroatoms. The van der Waals surface area contributed by atoms with Gasteiger partial charge in [0.25, 0.3) is 17.1 Å². The van der Waals surface area contributed by atoms with Crippen molar-refractivity contribution in [1.82, 2.24) is 78.1 Å². The minimum absolute atomic E-state index is 0.00314. The van der Waals surface area contributed by atoms with Gasteiger partial charge in [-0.2, -0.15) is 0 Å². The first kappa shape index (κ1) is 110. The number of nitro benzene ring substituents is 3. The smallest absolute Gasteiger partial charge is 0.416 e. The first-order chi connectivity index (χ1) is 67.1. The summed E-state index contributed by atoms with van der Waals surface area (Å²) in [4.78, 5) is 113. The molecular weight excluding hydrogens is 1900 g/mol. The molecule has 0 saturated carbocycles. The number of benzene rings is 3. The second kappa shape index (κ2) is 44.6. The van der Waals surface area contributed by atoms with Crippen LogP contribution in [0.15, 0.2) is 105 Å². The van der Waals surface area contributed by atoms with Gasteiger partial charge in [0.05, 0.1) is 141 Å². The van der Waals surface area contributed by atoms with Crippen molar-refractivity contribution in [3.8, 4) is 17.2 Å². The molecule has 5 N–H and O–H groups in total. The van der Waals surface area contributed by atoms with E-state index in [0.717, 1.165) is 25.7 Å². The van der Waals surface area contributed by atoms with Gasteiger partial charge in [-0.1, -0.05) is 83.1 Å². The van der Waals surface area contributed by atoms with E-state index in [0.29, 0.717) is 110 Å². The summed E-state index contributed by atoms with van der Waals surface area (Å²) in [6.07, 6.45) is 12.6. The molecule has 0 aliphatic carbocycles. The molecular formula is C95H137N23O22Si3. The number of rotatable bonds is 30. The highest BCUT2D eigenvalue weighted by molar-refractivity contribution is 6.75. The Bertz CT molecular complexity index is 6310. The van der Waals surface area contributed by atoms with Gasteiger partial charge >= 0.3 is 12.2 Å². The fourth-order valence-electron chi connectivity index (χ4n) is 16.0. The Morgan fingerprint density at radius 1 is 0.441 bits per heavy atom. The van der Waals surface area contributed by atoms with Gasteiger partial charge in [-0.05, 0) is 152 Å². The number of methoxy groups -OCH3 is 3. The number of nitrogens with zero attached hydrogens (tertiary/aromatic N) is 20. The van der Waals surface area contributed by atoms with E-state index in [1.54, 1.807) is 101 Å². The Hall–Kier alpha value is -12.1. The third kappa shape index (κ3) is 25.8. The maximum Gasteiger partial charge on any atom is 0.416 e. The van der Waals surface area contributed by atoms with Crippen LogP contribution in [0.2, 0.25) is 54.4 Å². The average molecular weight is 2040 g/mol. The number of ether oxygens (including phenoxy) is 9. The lowest BCUT2D eigenvalue weighted by Gasteiger charge is -2.39. The number of aliphatic hydroxyl groups is 2. The highest BCUT2D eigenvalue weighted by atomic mass is 28.4. The number of fused-ring (bicyclic) bond motifs is 4. The van der Waals surface area contributed by atoms with Crippen molar-refractivity contribution in [2.45, 2.75) is 329 Å². The lowest BCUT2D eigenvalue weighted by molar-refractivity contribution is -0.385. The van der Waals surface area contributed by atoms with E-state index in [2.05, 4.69) is 198 Å². The molecule has 15 rings (SSSR count). The summed E-state index contributed by atoms with van der Waals surface area (Å²) in [5.74, 6) is 2.51. The monoisotopic (exact) mass is 2040 g/mol. The van der Waals surface area contributed by atoms with Crippen molar-refractivity contribution in [2.75, 3.05) is 48.8 Å². The van der Waals surface area contributed by atoms with Crippen LogP contribution in [-0.2, 0) is 61.3 Å². The first-order valence-corrected chi connectivity index (χ1v) is 56.4. The quantitative estimate of drug-likeness (QED) is 0.0159. The molecule has 4 aliphatic heterocycles. The number of nitrogens with one attached hydrogen (secondary N) is 3. The number of amides is 2. The summed E-state index contributed by atoms with van der Waals surface area (Å²) in [7, 11) is -1.60. The van der Waals surface area contributed by atoms with Crippen molar-refractivity contribution in [2.24, 2.45) is 0 Å². The number of hydrogen-bond donors (Lipinski definition) is 5. The summed E-state index contributed by atoms with van der Waals surface area (Å²) >= 11 is 0. The molecule has 45 nitrogen and oxygen atoms in total. The lowest BCUT2D eigenvalue weighted by Crippen LogP contribution is -2.45. The number of anilines is 4.